The van der Waals surface area contributed by atoms with Crippen LogP contribution in [0, 0.1) is 11.3 Å². The normalized spacial score (nSPS) is 13.3. The third-order valence-corrected chi connectivity index (χ3v) is 5.50. The van der Waals surface area contributed by atoms with Gasteiger partial charge in [-0.25, -0.2) is 4.79 Å². The Morgan fingerprint density at radius 1 is 1.03 bits per heavy atom. The highest BCUT2D eigenvalue weighted by atomic mass is 35.5. The van der Waals surface area contributed by atoms with Crippen LogP contribution in [0.3, 0.4) is 0 Å². The van der Waals surface area contributed by atoms with Crippen molar-refractivity contribution in [3.05, 3.63) is 102 Å². The van der Waals surface area contributed by atoms with Gasteiger partial charge >= 0.3 is 5.69 Å². The molecular formula is C22H19ClN4O2. The average Bonchev–Trinajstić information content (AvgIpc) is 3.15. The first-order valence-corrected chi connectivity index (χ1v) is 9.61. The van der Waals surface area contributed by atoms with Gasteiger partial charge in [-0.3, -0.25) is 18.8 Å². The van der Waals surface area contributed by atoms with E-state index >= 15 is 0 Å². The number of halogens is 1. The third kappa shape index (κ3) is 3.75. The molecule has 1 aliphatic heterocycles. The molecule has 0 bridgehead atoms. The Kier molecular flexibility index (Phi) is 5.10. The van der Waals surface area contributed by atoms with E-state index in [1.54, 1.807) is 29.8 Å². The number of nitrogens with zero attached hydrogens (tertiary/aromatic N) is 4. The van der Waals surface area contributed by atoms with Gasteiger partial charge in [-0.15, -0.1) is 0 Å². The summed E-state index contributed by atoms with van der Waals surface area (Å²) in [4.78, 5) is 28.0. The van der Waals surface area contributed by atoms with Crippen LogP contribution in [0.5, 0.6) is 0 Å². The molecule has 0 unspecified atom stereocenters. The largest absolute Gasteiger partial charge is 0.331 e. The van der Waals surface area contributed by atoms with E-state index in [1.165, 1.54) is 4.57 Å². The molecule has 2 heterocycles. The SMILES string of the molecule is Cn1c2c(c(=O)n(Cc3ccc(Cl)cc3)c1=O)CN(Cc1cccc(C#N)c1)C2. The zero-order valence-corrected chi connectivity index (χ0v) is 16.7. The molecule has 146 valence electrons. The second-order valence-electron chi connectivity index (χ2n) is 7.24. The molecule has 6 nitrogen and oxygen atoms in total. The van der Waals surface area contributed by atoms with Crippen molar-refractivity contribution < 1.29 is 0 Å². The molecule has 0 aliphatic carbocycles. The standard InChI is InChI=1S/C22H19ClN4O2/c1-25-20-14-26(11-17-4-2-3-16(9-17)10-24)13-19(20)21(28)27(22(25)29)12-15-5-7-18(23)8-6-15/h2-9H,11-14H2,1H3. The molecule has 0 saturated heterocycles. The van der Waals surface area contributed by atoms with E-state index in [1.807, 2.05) is 30.3 Å². The number of hydrogen-bond donors (Lipinski definition) is 0. The van der Waals surface area contributed by atoms with Gasteiger partial charge in [-0.1, -0.05) is 35.9 Å². The maximum absolute atomic E-state index is 13.1. The topological polar surface area (TPSA) is 71.0 Å². The van der Waals surface area contributed by atoms with Crippen molar-refractivity contribution in [3.8, 4) is 6.07 Å². The molecule has 0 radical (unpaired) electrons. The molecule has 0 atom stereocenters. The van der Waals surface area contributed by atoms with E-state index in [2.05, 4.69) is 11.0 Å². The van der Waals surface area contributed by atoms with E-state index in [-0.39, 0.29) is 17.8 Å². The first-order valence-electron chi connectivity index (χ1n) is 9.23. The number of benzene rings is 2. The Labute approximate surface area is 172 Å². The van der Waals surface area contributed by atoms with Crippen LogP contribution in [0.2, 0.25) is 5.02 Å². The monoisotopic (exact) mass is 406 g/mol. The van der Waals surface area contributed by atoms with Crippen molar-refractivity contribution in [1.82, 2.24) is 14.0 Å². The molecule has 29 heavy (non-hydrogen) atoms. The maximum Gasteiger partial charge on any atom is 0.331 e. The maximum atomic E-state index is 13.1. The summed E-state index contributed by atoms with van der Waals surface area (Å²) in [5, 5.41) is 9.69. The number of hydrogen-bond acceptors (Lipinski definition) is 4. The zero-order chi connectivity index (χ0) is 20.5. The van der Waals surface area contributed by atoms with E-state index in [0.717, 1.165) is 16.8 Å². The lowest BCUT2D eigenvalue weighted by molar-refractivity contribution is 0.272. The van der Waals surface area contributed by atoms with Gasteiger partial charge in [-0.2, -0.15) is 5.26 Å². The molecule has 0 N–H and O–H groups in total. The quantitative estimate of drug-likeness (QED) is 0.667. The number of aromatic nitrogens is 2. The van der Waals surface area contributed by atoms with Crippen LogP contribution in [0.25, 0.3) is 0 Å². The summed E-state index contributed by atoms with van der Waals surface area (Å²) in [6, 6.07) is 16.7. The highest BCUT2D eigenvalue weighted by Gasteiger charge is 2.27. The fourth-order valence-corrected chi connectivity index (χ4v) is 3.87. The average molecular weight is 407 g/mol. The number of rotatable bonds is 4. The fraction of sp³-hybridized carbons (Fsp3) is 0.227. The Morgan fingerprint density at radius 2 is 1.79 bits per heavy atom. The third-order valence-electron chi connectivity index (χ3n) is 5.25. The van der Waals surface area contributed by atoms with Gasteiger partial charge in [0.15, 0.2) is 0 Å². The highest BCUT2D eigenvalue weighted by molar-refractivity contribution is 6.30. The van der Waals surface area contributed by atoms with Crippen LogP contribution in [-0.2, 0) is 33.2 Å². The van der Waals surface area contributed by atoms with Crippen molar-refractivity contribution in [1.29, 1.82) is 5.26 Å². The van der Waals surface area contributed by atoms with Gasteiger partial charge in [0, 0.05) is 37.4 Å². The predicted molar refractivity (Wildman–Crippen MR) is 111 cm³/mol. The summed E-state index contributed by atoms with van der Waals surface area (Å²) in [5.74, 6) is 0. The second-order valence-corrected chi connectivity index (χ2v) is 7.68. The Balaban J connectivity index is 1.63. The summed E-state index contributed by atoms with van der Waals surface area (Å²) in [5.41, 5.74) is 3.29. The highest BCUT2D eigenvalue weighted by Crippen LogP contribution is 2.21. The van der Waals surface area contributed by atoms with Crippen LogP contribution in [0.15, 0.2) is 58.1 Å². The molecule has 0 saturated carbocycles. The lowest BCUT2D eigenvalue weighted by Crippen LogP contribution is -2.41. The lowest BCUT2D eigenvalue weighted by atomic mass is 10.1. The minimum absolute atomic E-state index is 0.209. The molecule has 0 spiro atoms. The molecule has 2 aromatic carbocycles. The van der Waals surface area contributed by atoms with Gasteiger partial charge in [0.05, 0.1) is 23.7 Å². The van der Waals surface area contributed by atoms with Crippen molar-refractivity contribution in [2.45, 2.75) is 26.2 Å². The van der Waals surface area contributed by atoms with Crippen molar-refractivity contribution in [2.24, 2.45) is 7.05 Å². The van der Waals surface area contributed by atoms with Crippen LogP contribution >= 0.6 is 11.6 Å². The summed E-state index contributed by atoms with van der Waals surface area (Å²) in [6.45, 7) is 1.81. The van der Waals surface area contributed by atoms with Gasteiger partial charge in [0.2, 0.25) is 0 Å². The summed E-state index contributed by atoms with van der Waals surface area (Å²) < 4.78 is 2.85. The predicted octanol–water partition coefficient (Wildman–Crippen LogP) is 2.64. The van der Waals surface area contributed by atoms with Crippen molar-refractivity contribution >= 4 is 11.6 Å². The van der Waals surface area contributed by atoms with E-state index < -0.39 is 0 Å². The van der Waals surface area contributed by atoms with Crippen molar-refractivity contribution in [3.63, 3.8) is 0 Å². The molecule has 4 rings (SSSR count). The first-order chi connectivity index (χ1) is 14.0. The lowest BCUT2D eigenvalue weighted by Gasteiger charge is -2.14. The minimum Gasteiger partial charge on any atom is -0.299 e. The van der Waals surface area contributed by atoms with Crippen molar-refractivity contribution in [2.75, 3.05) is 0 Å². The molecule has 1 aliphatic rings. The smallest absolute Gasteiger partial charge is 0.299 e. The fourth-order valence-electron chi connectivity index (χ4n) is 3.74. The zero-order valence-electron chi connectivity index (χ0n) is 15.9. The Hall–Kier alpha value is -3.14. The van der Waals surface area contributed by atoms with Gasteiger partial charge < -0.3 is 0 Å². The number of fused-ring (bicyclic) bond motifs is 1. The van der Waals surface area contributed by atoms with E-state index in [0.29, 0.717) is 35.8 Å². The summed E-state index contributed by atoms with van der Waals surface area (Å²) in [6.07, 6.45) is 0. The molecular weight excluding hydrogens is 388 g/mol. The summed E-state index contributed by atoms with van der Waals surface area (Å²) >= 11 is 5.92. The van der Waals surface area contributed by atoms with Gasteiger partial charge in [0.1, 0.15) is 0 Å². The first kappa shape index (κ1) is 19.2. The van der Waals surface area contributed by atoms with Crippen LogP contribution in [0.1, 0.15) is 27.9 Å². The van der Waals surface area contributed by atoms with Crippen LogP contribution < -0.4 is 11.2 Å². The molecule has 0 fully saturated rings. The van der Waals surface area contributed by atoms with Gasteiger partial charge in [-0.05, 0) is 35.4 Å². The van der Waals surface area contributed by atoms with E-state index in [4.69, 9.17) is 16.9 Å². The summed E-state index contributed by atoms with van der Waals surface area (Å²) in [7, 11) is 1.71. The number of nitriles is 1. The second kappa shape index (κ2) is 7.70. The molecule has 0 amide bonds. The minimum atomic E-state index is -0.322. The van der Waals surface area contributed by atoms with E-state index in [9.17, 15) is 9.59 Å². The molecule has 3 aromatic rings. The molecule has 1 aromatic heterocycles. The van der Waals surface area contributed by atoms with Gasteiger partial charge in [0.25, 0.3) is 5.56 Å². The van der Waals surface area contributed by atoms with Crippen LogP contribution in [-0.4, -0.2) is 14.0 Å². The van der Waals surface area contributed by atoms with Crippen LogP contribution in [0.4, 0.5) is 0 Å². The Morgan fingerprint density at radius 3 is 2.52 bits per heavy atom. The molecule has 7 heteroatoms. The Bertz CT molecular complexity index is 1240.